The van der Waals surface area contributed by atoms with Crippen LogP contribution in [-0.4, -0.2) is 21.2 Å². The number of nitrogen functional groups attached to an aromatic ring is 1. The third kappa shape index (κ3) is 3.75. The number of aromatic nitrogens is 3. The smallest absolute Gasteiger partial charge is 0.323 e. The molecule has 3 aromatic carbocycles. The van der Waals surface area contributed by atoms with Crippen LogP contribution in [0.25, 0.3) is 33.2 Å². The highest BCUT2D eigenvalue weighted by molar-refractivity contribution is 6.31. The van der Waals surface area contributed by atoms with E-state index in [2.05, 4.69) is 15.2 Å². The zero-order valence-corrected chi connectivity index (χ0v) is 18.1. The average Bonchev–Trinajstić information content (AvgIpc) is 3.21. The minimum Gasteiger partial charge on any atom is -0.382 e. The van der Waals surface area contributed by atoms with Gasteiger partial charge in [-0.05, 0) is 59.2 Å². The second-order valence-electron chi connectivity index (χ2n) is 7.46. The van der Waals surface area contributed by atoms with Crippen molar-refractivity contribution in [3.8, 4) is 22.3 Å². The molecule has 5 N–H and O–H groups in total. The van der Waals surface area contributed by atoms with Gasteiger partial charge >= 0.3 is 6.03 Å². The van der Waals surface area contributed by atoms with E-state index in [-0.39, 0.29) is 0 Å². The lowest BCUT2D eigenvalue weighted by atomic mass is 9.96. The number of carbonyl (C=O) groups is 1. The van der Waals surface area contributed by atoms with Crippen LogP contribution < -0.4 is 16.4 Å². The molecule has 33 heavy (non-hydrogen) atoms. The van der Waals surface area contributed by atoms with E-state index in [4.69, 9.17) is 23.1 Å². The minimum atomic E-state index is -0.604. The van der Waals surface area contributed by atoms with E-state index in [1.165, 1.54) is 4.90 Å². The van der Waals surface area contributed by atoms with Crippen LogP contribution >= 0.6 is 11.6 Å². The van der Waals surface area contributed by atoms with Crippen LogP contribution in [0.2, 0.25) is 5.02 Å². The molecule has 0 atom stereocenters. The Balaban J connectivity index is 1.58. The van der Waals surface area contributed by atoms with Crippen molar-refractivity contribution in [1.82, 2.24) is 15.2 Å². The van der Waals surface area contributed by atoms with Gasteiger partial charge in [0.1, 0.15) is 0 Å². The summed E-state index contributed by atoms with van der Waals surface area (Å²) < 4.78 is 0. The number of primary amides is 1. The molecule has 162 valence electrons. The molecule has 2 aromatic heterocycles. The summed E-state index contributed by atoms with van der Waals surface area (Å²) >= 11 is 6.10. The van der Waals surface area contributed by atoms with Crippen molar-refractivity contribution in [2.45, 2.75) is 0 Å². The summed E-state index contributed by atoms with van der Waals surface area (Å²) in [5.41, 5.74) is 17.8. The molecule has 0 fully saturated rings. The predicted octanol–water partition coefficient (Wildman–Crippen LogP) is 5.74. The van der Waals surface area contributed by atoms with Crippen LogP contribution in [0.1, 0.15) is 0 Å². The zero-order valence-electron chi connectivity index (χ0n) is 17.4. The quantitative estimate of drug-likeness (QED) is 0.321. The molecule has 0 bridgehead atoms. The largest absolute Gasteiger partial charge is 0.382 e. The number of nitrogens with one attached hydrogen (secondary N) is 1. The number of hydrogen-bond donors (Lipinski definition) is 3. The molecule has 0 aliphatic rings. The molecule has 5 aromatic rings. The van der Waals surface area contributed by atoms with Gasteiger partial charge in [0.25, 0.3) is 0 Å². The number of anilines is 3. The molecule has 0 aliphatic heterocycles. The number of fused-ring (bicyclic) bond motifs is 1. The van der Waals surface area contributed by atoms with E-state index >= 15 is 0 Å². The fourth-order valence-electron chi connectivity index (χ4n) is 3.98. The van der Waals surface area contributed by atoms with Gasteiger partial charge in [-0.3, -0.25) is 15.0 Å². The SMILES string of the molecule is NC(=O)N(c1ccc(-c2ccc(-c3ccncc3)c3[nH]nc(N)c23)cc1)c1cccc(Cl)c1. The van der Waals surface area contributed by atoms with Crippen molar-refractivity contribution < 1.29 is 4.79 Å². The Morgan fingerprint density at radius 2 is 1.58 bits per heavy atom. The summed E-state index contributed by atoms with van der Waals surface area (Å²) in [6.07, 6.45) is 3.50. The summed E-state index contributed by atoms with van der Waals surface area (Å²) in [4.78, 5) is 17.7. The Kier molecular flexibility index (Phi) is 5.16. The number of amides is 2. The summed E-state index contributed by atoms with van der Waals surface area (Å²) in [6.45, 7) is 0. The molecule has 0 saturated carbocycles. The minimum absolute atomic E-state index is 0.415. The van der Waals surface area contributed by atoms with Crippen molar-refractivity contribution in [1.29, 1.82) is 0 Å². The summed E-state index contributed by atoms with van der Waals surface area (Å²) in [6, 6.07) is 21.8. The number of urea groups is 1. The maximum atomic E-state index is 12.2. The monoisotopic (exact) mass is 454 g/mol. The molecule has 0 spiro atoms. The topological polar surface area (TPSA) is 114 Å². The number of nitrogens with two attached hydrogens (primary N) is 2. The lowest BCUT2D eigenvalue weighted by Crippen LogP contribution is -2.31. The van der Waals surface area contributed by atoms with Gasteiger partial charge in [0, 0.05) is 23.0 Å². The van der Waals surface area contributed by atoms with Gasteiger partial charge in [-0.2, -0.15) is 5.10 Å². The van der Waals surface area contributed by atoms with Gasteiger partial charge in [-0.15, -0.1) is 0 Å². The van der Waals surface area contributed by atoms with Gasteiger partial charge in [0.2, 0.25) is 0 Å². The molecular weight excluding hydrogens is 436 g/mol. The fourth-order valence-corrected chi connectivity index (χ4v) is 4.16. The molecule has 2 heterocycles. The first-order chi connectivity index (χ1) is 16.0. The number of hydrogen-bond acceptors (Lipinski definition) is 4. The van der Waals surface area contributed by atoms with E-state index < -0.39 is 6.03 Å². The number of pyridine rings is 1. The number of nitrogens with zero attached hydrogens (tertiary/aromatic N) is 3. The first kappa shape index (κ1) is 20.5. The molecule has 2 amide bonds. The number of halogens is 1. The molecule has 5 rings (SSSR count). The Hall–Kier alpha value is -4.36. The Bertz CT molecular complexity index is 1460. The van der Waals surface area contributed by atoms with Crippen molar-refractivity contribution in [3.63, 3.8) is 0 Å². The van der Waals surface area contributed by atoms with Crippen LogP contribution in [-0.2, 0) is 0 Å². The lowest BCUT2D eigenvalue weighted by molar-refractivity contribution is 0.256. The first-order valence-corrected chi connectivity index (χ1v) is 10.5. The summed E-state index contributed by atoms with van der Waals surface area (Å²) in [7, 11) is 0. The van der Waals surface area contributed by atoms with Crippen LogP contribution in [0.4, 0.5) is 22.0 Å². The number of H-pyrrole nitrogens is 1. The standard InChI is InChI=1S/C25H19ClN6O/c26-17-2-1-3-19(14-17)32(25(28)33)18-6-4-15(5-7-18)20-8-9-21(16-10-12-29-13-11-16)23-22(20)24(27)31-30-23/h1-14H,(H2,28,33)(H3,27,30,31). The normalized spacial score (nSPS) is 10.9. The molecule has 0 aliphatic carbocycles. The lowest BCUT2D eigenvalue weighted by Gasteiger charge is -2.21. The van der Waals surface area contributed by atoms with E-state index in [1.54, 1.807) is 36.7 Å². The van der Waals surface area contributed by atoms with E-state index in [9.17, 15) is 4.79 Å². The molecular formula is C25H19ClN6O. The third-order valence-electron chi connectivity index (χ3n) is 5.46. The Morgan fingerprint density at radius 1 is 0.879 bits per heavy atom. The van der Waals surface area contributed by atoms with E-state index in [0.29, 0.717) is 22.2 Å². The van der Waals surface area contributed by atoms with Gasteiger partial charge in [0.15, 0.2) is 5.82 Å². The van der Waals surface area contributed by atoms with Crippen LogP contribution in [0, 0.1) is 0 Å². The molecule has 0 unspecified atom stereocenters. The second-order valence-corrected chi connectivity index (χ2v) is 7.89. The summed E-state index contributed by atoms with van der Waals surface area (Å²) in [5.74, 6) is 0.415. The van der Waals surface area contributed by atoms with Crippen molar-refractivity contribution in [2.24, 2.45) is 5.73 Å². The van der Waals surface area contributed by atoms with Gasteiger partial charge in [0.05, 0.1) is 22.3 Å². The van der Waals surface area contributed by atoms with Crippen molar-refractivity contribution in [3.05, 3.63) is 90.2 Å². The molecule has 7 nitrogen and oxygen atoms in total. The van der Waals surface area contributed by atoms with Crippen LogP contribution in [0.15, 0.2) is 85.2 Å². The fraction of sp³-hybridized carbons (Fsp3) is 0. The maximum Gasteiger partial charge on any atom is 0.323 e. The number of aromatic amines is 1. The van der Waals surface area contributed by atoms with Crippen molar-refractivity contribution >= 4 is 45.7 Å². The predicted molar refractivity (Wildman–Crippen MR) is 132 cm³/mol. The van der Waals surface area contributed by atoms with Crippen LogP contribution in [0.3, 0.4) is 0 Å². The van der Waals surface area contributed by atoms with E-state index in [1.807, 2.05) is 48.5 Å². The number of rotatable bonds is 4. The van der Waals surface area contributed by atoms with Gasteiger partial charge < -0.3 is 11.5 Å². The molecule has 8 heteroatoms. The highest BCUT2D eigenvalue weighted by Gasteiger charge is 2.18. The Morgan fingerprint density at radius 3 is 2.27 bits per heavy atom. The number of carbonyl (C=O) groups excluding carboxylic acids is 1. The Labute approximate surface area is 194 Å². The average molecular weight is 455 g/mol. The highest BCUT2D eigenvalue weighted by atomic mass is 35.5. The second kappa shape index (κ2) is 8.29. The van der Waals surface area contributed by atoms with Gasteiger partial charge in [-0.1, -0.05) is 41.9 Å². The van der Waals surface area contributed by atoms with Crippen molar-refractivity contribution in [2.75, 3.05) is 10.6 Å². The maximum absolute atomic E-state index is 12.2. The highest BCUT2D eigenvalue weighted by Crippen LogP contribution is 2.38. The third-order valence-corrected chi connectivity index (χ3v) is 5.70. The van der Waals surface area contributed by atoms with E-state index in [0.717, 1.165) is 33.2 Å². The zero-order chi connectivity index (χ0) is 22.9. The first-order valence-electron chi connectivity index (χ1n) is 10.2. The summed E-state index contributed by atoms with van der Waals surface area (Å²) in [5, 5.41) is 8.65. The molecule has 0 radical (unpaired) electrons. The van der Waals surface area contributed by atoms with Gasteiger partial charge in [-0.25, -0.2) is 4.79 Å². The molecule has 0 saturated heterocycles. The number of benzene rings is 3. The van der Waals surface area contributed by atoms with Crippen LogP contribution in [0.5, 0.6) is 0 Å².